The van der Waals surface area contributed by atoms with Gasteiger partial charge in [-0.2, -0.15) is 0 Å². The van der Waals surface area contributed by atoms with Gasteiger partial charge in [0.15, 0.2) is 21.6 Å². The summed E-state index contributed by atoms with van der Waals surface area (Å²) < 4.78 is 0. The van der Waals surface area contributed by atoms with Crippen LogP contribution in [0.4, 0.5) is 11.4 Å². The van der Waals surface area contributed by atoms with Crippen molar-refractivity contribution in [2.75, 3.05) is 10.2 Å². The maximum absolute atomic E-state index is 11.1. The van der Waals surface area contributed by atoms with Crippen LogP contribution in [0.25, 0.3) is 22.3 Å². The number of nitrogens with zero attached hydrogens (tertiary/aromatic N) is 6. The standard InChI is InChI=1S/C18H12N6O8/c25-21(26)19(22(27)28)15-8-6-14(7-9-15)17-11-10-16(20(23(29)30)24(31)32)12-18(17)13-4-2-1-3-5-13/h1-12H. The second-order valence-electron chi connectivity index (χ2n) is 6.17. The highest BCUT2D eigenvalue weighted by Crippen LogP contribution is 2.36. The maximum Gasteiger partial charge on any atom is 0.228 e. The minimum Gasteiger partial charge on any atom is -0.230 e. The fourth-order valence-electron chi connectivity index (χ4n) is 3.04. The van der Waals surface area contributed by atoms with E-state index < -0.39 is 20.1 Å². The third-order valence-electron chi connectivity index (χ3n) is 4.35. The van der Waals surface area contributed by atoms with Gasteiger partial charge in [0.25, 0.3) is 0 Å². The first-order valence-corrected chi connectivity index (χ1v) is 8.68. The summed E-state index contributed by atoms with van der Waals surface area (Å²) in [4.78, 5) is 44.1. The van der Waals surface area contributed by atoms with Crippen LogP contribution >= 0.6 is 0 Å². The number of nitro groups is 4. The van der Waals surface area contributed by atoms with Crippen molar-refractivity contribution in [3.63, 3.8) is 0 Å². The van der Waals surface area contributed by atoms with E-state index in [1.54, 1.807) is 30.3 Å². The van der Waals surface area contributed by atoms with Crippen molar-refractivity contribution in [3.05, 3.63) is 113 Å². The number of hydrogen-bond acceptors (Lipinski definition) is 8. The van der Waals surface area contributed by atoms with E-state index in [4.69, 9.17) is 0 Å². The smallest absolute Gasteiger partial charge is 0.228 e. The van der Waals surface area contributed by atoms with Gasteiger partial charge in [0.05, 0.1) is 0 Å². The molecule has 0 spiro atoms. The molecule has 162 valence electrons. The second kappa shape index (κ2) is 8.70. The summed E-state index contributed by atoms with van der Waals surface area (Å²) >= 11 is 0. The quantitative estimate of drug-likeness (QED) is 0.372. The van der Waals surface area contributed by atoms with Crippen molar-refractivity contribution in [2.45, 2.75) is 0 Å². The third kappa shape index (κ3) is 4.23. The molecule has 32 heavy (non-hydrogen) atoms. The summed E-state index contributed by atoms with van der Waals surface area (Å²) in [5.74, 6) is 0. The first-order chi connectivity index (χ1) is 15.2. The Balaban J connectivity index is 2.14. The van der Waals surface area contributed by atoms with E-state index in [0.717, 1.165) is 0 Å². The molecule has 3 aromatic carbocycles. The number of hydrazine groups is 4. The van der Waals surface area contributed by atoms with Gasteiger partial charge in [-0.3, -0.25) is 0 Å². The van der Waals surface area contributed by atoms with Crippen LogP contribution in [0.15, 0.2) is 72.8 Å². The van der Waals surface area contributed by atoms with Gasteiger partial charge in [-0.05, 0) is 46.5 Å². The van der Waals surface area contributed by atoms with Gasteiger partial charge < -0.3 is 0 Å². The van der Waals surface area contributed by atoms with Crippen molar-refractivity contribution in [1.29, 1.82) is 0 Å². The molecule has 0 fully saturated rings. The van der Waals surface area contributed by atoms with Gasteiger partial charge in [0, 0.05) is 0 Å². The zero-order valence-corrected chi connectivity index (χ0v) is 15.9. The molecule has 0 N–H and O–H groups in total. The van der Waals surface area contributed by atoms with E-state index in [1.165, 1.54) is 42.5 Å². The van der Waals surface area contributed by atoms with Crippen molar-refractivity contribution >= 4 is 11.4 Å². The minimum absolute atomic E-state index is 0.217. The fraction of sp³-hybridized carbons (Fsp3) is 0. The number of hydrogen-bond donors (Lipinski definition) is 0. The third-order valence-corrected chi connectivity index (χ3v) is 4.35. The van der Waals surface area contributed by atoms with Crippen LogP contribution in [0.5, 0.6) is 0 Å². The lowest BCUT2D eigenvalue weighted by Gasteiger charge is -2.13. The molecule has 0 amide bonds. The summed E-state index contributed by atoms with van der Waals surface area (Å²) in [6, 6.07) is 17.6. The van der Waals surface area contributed by atoms with Crippen LogP contribution in [0, 0.1) is 40.5 Å². The number of rotatable bonds is 8. The number of benzene rings is 3. The average molecular weight is 440 g/mol. The van der Waals surface area contributed by atoms with E-state index in [1.807, 2.05) is 0 Å². The molecular formula is C18H12N6O8. The lowest BCUT2D eigenvalue weighted by Crippen LogP contribution is -2.35. The van der Waals surface area contributed by atoms with Crippen LogP contribution in [0.1, 0.15) is 0 Å². The Labute approximate surface area is 178 Å². The monoisotopic (exact) mass is 440 g/mol. The second-order valence-corrected chi connectivity index (χ2v) is 6.17. The number of anilines is 2. The van der Waals surface area contributed by atoms with Gasteiger partial charge in [0.1, 0.15) is 0 Å². The summed E-state index contributed by atoms with van der Waals surface area (Å²) in [5, 5.41) is 39.0. The average Bonchev–Trinajstić information content (AvgIpc) is 2.74. The van der Waals surface area contributed by atoms with Gasteiger partial charge in [-0.1, -0.05) is 48.5 Å². The van der Waals surface area contributed by atoms with Crippen molar-refractivity contribution < 1.29 is 20.1 Å². The normalized spacial score (nSPS) is 10.2. The summed E-state index contributed by atoms with van der Waals surface area (Å²) in [7, 11) is 0. The Morgan fingerprint density at radius 3 is 1.44 bits per heavy atom. The summed E-state index contributed by atoms with van der Waals surface area (Å²) in [6.45, 7) is 0. The minimum atomic E-state index is -1.18. The highest BCUT2D eigenvalue weighted by atomic mass is 16.8. The highest BCUT2D eigenvalue weighted by Gasteiger charge is 2.32. The van der Waals surface area contributed by atoms with E-state index in [-0.39, 0.29) is 21.6 Å². The molecule has 0 saturated heterocycles. The Bertz CT molecular complexity index is 1170. The van der Waals surface area contributed by atoms with Crippen molar-refractivity contribution in [2.24, 2.45) is 0 Å². The molecule has 0 aromatic heterocycles. The Morgan fingerprint density at radius 1 is 0.500 bits per heavy atom. The van der Waals surface area contributed by atoms with E-state index in [9.17, 15) is 40.5 Å². The van der Waals surface area contributed by atoms with Gasteiger partial charge >= 0.3 is 0 Å². The molecule has 0 aliphatic rings. The van der Waals surface area contributed by atoms with E-state index >= 15 is 0 Å². The fourth-order valence-corrected chi connectivity index (χ4v) is 3.04. The molecule has 14 nitrogen and oxygen atoms in total. The molecule has 0 atom stereocenters. The van der Waals surface area contributed by atoms with E-state index in [2.05, 4.69) is 0 Å². The maximum atomic E-state index is 11.1. The Morgan fingerprint density at radius 2 is 0.938 bits per heavy atom. The molecule has 0 radical (unpaired) electrons. The predicted molar refractivity (Wildman–Crippen MR) is 110 cm³/mol. The van der Waals surface area contributed by atoms with Crippen molar-refractivity contribution in [3.8, 4) is 22.3 Å². The lowest BCUT2D eigenvalue weighted by molar-refractivity contribution is -0.712. The summed E-state index contributed by atoms with van der Waals surface area (Å²) in [5.41, 5.74) is 1.37. The predicted octanol–water partition coefficient (Wildman–Crippen LogP) is 3.40. The molecule has 3 aromatic rings. The van der Waals surface area contributed by atoms with Crippen LogP contribution in [0.3, 0.4) is 0 Å². The Hall–Kier alpha value is -5.14. The van der Waals surface area contributed by atoms with Crippen LogP contribution < -0.4 is 10.2 Å². The molecule has 0 aliphatic heterocycles. The van der Waals surface area contributed by atoms with Crippen LogP contribution in [0.2, 0.25) is 0 Å². The molecule has 0 bridgehead atoms. The molecule has 14 heteroatoms. The highest BCUT2D eigenvalue weighted by molar-refractivity contribution is 5.86. The molecular weight excluding hydrogens is 428 g/mol. The summed E-state index contributed by atoms with van der Waals surface area (Å²) in [6.07, 6.45) is 0. The van der Waals surface area contributed by atoms with E-state index in [0.29, 0.717) is 22.3 Å². The first kappa shape index (κ1) is 21.6. The molecule has 0 saturated carbocycles. The lowest BCUT2D eigenvalue weighted by atomic mass is 9.94. The molecule has 0 heterocycles. The molecule has 0 aliphatic carbocycles. The van der Waals surface area contributed by atoms with Gasteiger partial charge in [-0.25, -0.2) is 40.5 Å². The largest absolute Gasteiger partial charge is 0.230 e. The van der Waals surface area contributed by atoms with Crippen molar-refractivity contribution in [1.82, 2.24) is 0 Å². The SMILES string of the molecule is O=[N+]([O-])N(c1ccc(-c2ccc(N([N+](=O)[O-])[N+](=O)[O-])cc2-c2ccccc2)cc1)[N+](=O)[O-]. The molecule has 0 unspecified atom stereocenters. The molecule has 3 rings (SSSR count). The Kier molecular flexibility index (Phi) is 5.86. The topological polar surface area (TPSA) is 179 Å². The first-order valence-electron chi connectivity index (χ1n) is 8.68. The zero-order valence-electron chi connectivity index (χ0n) is 15.9. The van der Waals surface area contributed by atoms with Crippen LogP contribution in [-0.2, 0) is 0 Å². The van der Waals surface area contributed by atoms with Gasteiger partial charge in [0.2, 0.25) is 20.1 Å². The van der Waals surface area contributed by atoms with Gasteiger partial charge in [-0.15, -0.1) is 0 Å². The van der Waals surface area contributed by atoms with Crippen LogP contribution in [-0.4, -0.2) is 20.1 Å². The zero-order chi connectivity index (χ0) is 23.4.